The fourth-order valence-electron chi connectivity index (χ4n) is 5.17. The molecule has 4 atom stereocenters. The Labute approximate surface area is 212 Å². The molecule has 3 rings (SSSR count). The van der Waals surface area contributed by atoms with E-state index in [1.54, 1.807) is 6.92 Å². The van der Waals surface area contributed by atoms with Crippen LogP contribution in [0.2, 0.25) is 0 Å². The van der Waals surface area contributed by atoms with Crippen LogP contribution in [-0.2, 0) is 24.4 Å². The zero-order valence-electron chi connectivity index (χ0n) is 21.3. The molecule has 2 saturated carbocycles. The summed E-state index contributed by atoms with van der Waals surface area (Å²) in [5.41, 5.74) is -1.25. The van der Waals surface area contributed by atoms with Crippen molar-refractivity contribution in [2.45, 2.75) is 76.4 Å². The van der Waals surface area contributed by atoms with Gasteiger partial charge in [-0.25, -0.2) is 22.3 Å². The molecule has 1 heterocycles. The van der Waals surface area contributed by atoms with Crippen LogP contribution in [0.4, 0.5) is 4.79 Å². The minimum atomic E-state index is -3.39. The van der Waals surface area contributed by atoms with Crippen molar-refractivity contribution in [3.8, 4) is 0 Å². The summed E-state index contributed by atoms with van der Waals surface area (Å²) in [6.07, 6.45) is 4.86. The van der Waals surface area contributed by atoms with Crippen LogP contribution in [0.15, 0.2) is 0 Å². The number of likely N-dealkylation sites (N-methyl/N-ethyl adjacent to an activating group) is 1. The first-order chi connectivity index (χ1) is 16.9. The lowest BCUT2D eigenvalue weighted by atomic mass is 9.79. The number of aliphatic carboxylic acids is 1. The van der Waals surface area contributed by atoms with Crippen LogP contribution < -0.4 is 16.0 Å². The number of rotatable bonds is 12. The quantitative estimate of drug-likeness (QED) is 0.278. The first-order valence-electron chi connectivity index (χ1n) is 12.8. The van der Waals surface area contributed by atoms with Gasteiger partial charge in [-0.3, -0.25) is 9.59 Å². The predicted molar refractivity (Wildman–Crippen MR) is 131 cm³/mol. The Morgan fingerprint density at radius 3 is 2.36 bits per heavy atom. The SMILES string of the molecule is CCC1C[C@]1(NC(=O)[C@@H]1CCCN1C(=O)CNC(=O)NC(CN(C)S(=O)(=O)CC)C1CCC1)C(=O)O. The van der Waals surface area contributed by atoms with E-state index in [0.717, 1.165) is 19.3 Å². The first-order valence-corrected chi connectivity index (χ1v) is 14.4. The average Bonchev–Trinajstić information content (AvgIpc) is 3.28. The van der Waals surface area contributed by atoms with Gasteiger partial charge in [0.1, 0.15) is 11.6 Å². The van der Waals surface area contributed by atoms with Crippen LogP contribution in [0.5, 0.6) is 0 Å². The highest BCUT2D eigenvalue weighted by molar-refractivity contribution is 7.89. The number of likely N-dealkylation sites (tertiary alicyclic amines) is 1. The van der Waals surface area contributed by atoms with E-state index < -0.39 is 45.4 Å². The maximum absolute atomic E-state index is 12.9. The molecule has 3 fully saturated rings. The first kappa shape index (κ1) is 28.2. The highest BCUT2D eigenvalue weighted by atomic mass is 32.2. The molecule has 0 aromatic heterocycles. The molecule has 2 aliphatic carbocycles. The van der Waals surface area contributed by atoms with Gasteiger partial charge in [-0.15, -0.1) is 0 Å². The number of sulfonamides is 1. The average molecular weight is 530 g/mol. The summed E-state index contributed by atoms with van der Waals surface area (Å²) in [6, 6.07) is -1.72. The molecular formula is C23H39N5O7S. The Morgan fingerprint density at radius 2 is 1.83 bits per heavy atom. The highest BCUT2D eigenvalue weighted by Crippen LogP contribution is 2.46. The zero-order valence-corrected chi connectivity index (χ0v) is 22.1. The molecule has 1 aliphatic heterocycles. The zero-order chi connectivity index (χ0) is 26.7. The van der Waals surface area contributed by atoms with E-state index in [2.05, 4.69) is 16.0 Å². The molecule has 4 amide bonds. The number of urea groups is 1. The molecule has 0 bridgehead atoms. The number of carbonyl (C=O) groups is 4. The van der Waals surface area contributed by atoms with Gasteiger partial charge in [-0.05, 0) is 50.9 Å². The number of hydrogen-bond acceptors (Lipinski definition) is 6. The van der Waals surface area contributed by atoms with E-state index in [0.29, 0.717) is 32.2 Å². The Kier molecular flexibility index (Phi) is 8.86. The van der Waals surface area contributed by atoms with Gasteiger partial charge in [-0.2, -0.15) is 0 Å². The summed E-state index contributed by atoms with van der Waals surface area (Å²) >= 11 is 0. The molecule has 12 nitrogen and oxygen atoms in total. The molecule has 36 heavy (non-hydrogen) atoms. The number of carbonyl (C=O) groups excluding carboxylic acids is 3. The number of nitrogens with zero attached hydrogens (tertiary/aromatic N) is 2. The number of nitrogens with one attached hydrogen (secondary N) is 3. The van der Waals surface area contributed by atoms with Crippen LogP contribution in [0.25, 0.3) is 0 Å². The highest BCUT2D eigenvalue weighted by Gasteiger charge is 2.61. The minimum absolute atomic E-state index is 0.0289. The number of amides is 4. The van der Waals surface area contributed by atoms with Crippen LogP contribution in [0.1, 0.15) is 58.8 Å². The molecule has 0 spiro atoms. The summed E-state index contributed by atoms with van der Waals surface area (Å²) in [4.78, 5) is 51.4. The van der Waals surface area contributed by atoms with E-state index in [1.807, 2.05) is 6.92 Å². The van der Waals surface area contributed by atoms with Gasteiger partial charge in [0.25, 0.3) is 0 Å². The van der Waals surface area contributed by atoms with E-state index >= 15 is 0 Å². The topological polar surface area (TPSA) is 165 Å². The van der Waals surface area contributed by atoms with E-state index in [-0.39, 0.29) is 36.7 Å². The van der Waals surface area contributed by atoms with Gasteiger partial charge in [0, 0.05) is 26.2 Å². The molecule has 13 heteroatoms. The lowest BCUT2D eigenvalue weighted by molar-refractivity contribution is -0.145. The Morgan fingerprint density at radius 1 is 1.14 bits per heavy atom. The minimum Gasteiger partial charge on any atom is -0.479 e. The second kappa shape index (κ2) is 11.3. The molecule has 0 aromatic rings. The lowest BCUT2D eigenvalue weighted by Crippen LogP contribution is -2.56. The van der Waals surface area contributed by atoms with Gasteiger partial charge in [0.2, 0.25) is 21.8 Å². The lowest BCUT2D eigenvalue weighted by Gasteiger charge is -2.36. The van der Waals surface area contributed by atoms with Gasteiger partial charge in [0.15, 0.2) is 0 Å². The van der Waals surface area contributed by atoms with Crippen molar-refractivity contribution >= 4 is 33.8 Å². The molecule has 204 valence electrons. The summed E-state index contributed by atoms with van der Waals surface area (Å²) in [5, 5.41) is 17.6. The second-order valence-electron chi connectivity index (χ2n) is 10.1. The van der Waals surface area contributed by atoms with Crippen LogP contribution >= 0.6 is 0 Å². The monoisotopic (exact) mass is 529 g/mol. The summed E-state index contributed by atoms with van der Waals surface area (Å²) in [5.74, 6) is -1.95. The van der Waals surface area contributed by atoms with Crippen molar-refractivity contribution in [2.24, 2.45) is 11.8 Å². The van der Waals surface area contributed by atoms with Crippen molar-refractivity contribution in [1.82, 2.24) is 25.2 Å². The van der Waals surface area contributed by atoms with Crippen LogP contribution in [-0.4, -0.2) is 96.6 Å². The fraction of sp³-hybridized carbons (Fsp3) is 0.826. The van der Waals surface area contributed by atoms with E-state index in [9.17, 15) is 32.7 Å². The van der Waals surface area contributed by atoms with Crippen molar-refractivity contribution in [1.29, 1.82) is 0 Å². The molecule has 1 saturated heterocycles. The van der Waals surface area contributed by atoms with Crippen LogP contribution in [0.3, 0.4) is 0 Å². The number of carboxylic acids is 1. The maximum atomic E-state index is 12.9. The van der Waals surface area contributed by atoms with Gasteiger partial charge in [0.05, 0.1) is 12.3 Å². The Bertz CT molecular complexity index is 970. The van der Waals surface area contributed by atoms with Crippen molar-refractivity contribution in [3.63, 3.8) is 0 Å². The molecular weight excluding hydrogens is 490 g/mol. The molecule has 3 aliphatic rings. The van der Waals surface area contributed by atoms with Crippen LogP contribution in [0, 0.1) is 11.8 Å². The molecule has 2 unspecified atom stereocenters. The largest absolute Gasteiger partial charge is 0.479 e. The standard InChI is InChI=1S/C23H39N5O7S/c1-4-16-12-23(16,21(31)32)26-20(30)18-10-7-11-28(18)19(29)13-24-22(33)25-17(15-8-6-9-15)14-27(3)36(34,35)5-2/h15-18H,4-14H2,1-3H3,(H,26,30)(H,31,32)(H2,24,25,33)/t16?,17?,18-,23+/m0/s1. The van der Waals surface area contributed by atoms with Gasteiger partial charge >= 0.3 is 12.0 Å². The third-order valence-corrected chi connectivity index (χ3v) is 9.76. The number of hydrogen-bond donors (Lipinski definition) is 4. The second-order valence-corrected chi connectivity index (χ2v) is 12.5. The van der Waals surface area contributed by atoms with Gasteiger partial charge < -0.3 is 26.0 Å². The van der Waals surface area contributed by atoms with Crippen molar-refractivity contribution in [3.05, 3.63) is 0 Å². The normalized spacial score (nSPS) is 26.7. The summed E-state index contributed by atoms with van der Waals surface area (Å²) in [6.45, 7) is 3.62. The third-order valence-electron chi connectivity index (χ3n) is 7.93. The molecule has 0 radical (unpaired) electrons. The van der Waals surface area contributed by atoms with Crippen molar-refractivity contribution < 1.29 is 32.7 Å². The molecule has 0 aromatic carbocycles. The summed E-state index contributed by atoms with van der Waals surface area (Å²) in [7, 11) is -1.90. The Hall–Kier alpha value is -2.41. The fourth-order valence-corrected chi connectivity index (χ4v) is 6.00. The smallest absolute Gasteiger partial charge is 0.329 e. The predicted octanol–water partition coefficient (Wildman–Crippen LogP) is 0.0963. The van der Waals surface area contributed by atoms with Gasteiger partial charge in [-0.1, -0.05) is 19.8 Å². The van der Waals surface area contributed by atoms with E-state index in [4.69, 9.17) is 0 Å². The summed E-state index contributed by atoms with van der Waals surface area (Å²) < 4.78 is 25.5. The number of carboxylic acid groups (broad SMARTS) is 1. The van der Waals surface area contributed by atoms with E-state index in [1.165, 1.54) is 16.3 Å². The Balaban J connectivity index is 1.53. The molecule has 4 N–H and O–H groups in total. The van der Waals surface area contributed by atoms with Crippen molar-refractivity contribution in [2.75, 3.05) is 32.4 Å². The third kappa shape index (κ3) is 6.10. The maximum Gasteiger partial charge on any atom is 0.329 e.